The molecule has 0 aliphatic carbocycles. The molecular formula is C16H22ClNO2. The molecule has 20 heavy (non-hydrogen) atoms. The maximum Gasteiger partial charge on any atom is 0.138 e. The van der Waals surface area contributed by atoms with Gasteiger partial charge in [0.05, 0.1) is 5.92 Å². The Bertz CT molecular complexity index is 452. The van der Waals surface area contributed by atoms with Crippen LogP contribution >= 0.6 is 11.6 Å². The lowest BCUT2D eigenvalue weighted by molar-refractivity contribution is -0.118. The summed E-state index contributed by atoms with van der Waals surface area (Å²) in [7, 11) is 0. The topological polar surface area (TPSA) is 38.3 Å². The number of hydrogen-bond donors (Lipinski definition) is 1. The van der Waals surface area contributed by atoms with Crippen LogP contribution in [0.5, 0.6) is 0 Å². The minimum atomic E-state index is -0.119. The molecule has 1 aliphatic heterocycles. The first-order valence-corrected chi connectivity index (χ1v) is 7.47. The molecule has 0 amide bonds. The van der Waals surface area contributed by atoms with Gasteiger partial charge in [-0.15, -0.1) is 0 Å². The Hall–Kier alpha value is -0.900. The van der Waals surface area contributed by atoms with Crippen LogP contribution in [0.3, 0.4) is 0 Å². The summed E-state index contributed by atoms with van der Waals surface area (Å²) in [6, 6.07) is 7.54. The van der Waals surface area contributed by atoms with Gasteiger partial charge in [-0.2, -0.15) is 0 Å². The van der Waals surface area contributed by atoms with Crippen LogP contribution in [0.1, 0.15) is 38.2 Å². The van der Waals surface area contributed by atoms with Gasteiger partial charge < -0.3 is 10.1 Å². The number of ether oxygens (including phenoxy) is 1. The van der Waals surface area contributed by atoms with Crippen molar-refractivity contribution in [3.05, 3.63) is 34.9 Å². The number of Topliss-reactive ketones (excluding diaryl/α,β-unsaturated/α-hetero) is 1. The highest BCUT2D eigenvalue weighted by Crippen LogP contribution is 2.23. The number of ketones is 1. The van der Waals surface area contributed by atoms with E-state index in [2.05, 4.69) is 12.2 Å². The zero-order valence-corrected chi connectivity index (χ0v) is 12.9. The highest BCUT2D eigenvalue weighted by atomic mass is 35.5. The van der Waals surface area contributed by atoms with Crippen molar-refractivity contribution in [1.29, 1.82) is 0 Å². The van der Waals surface area contributed by atoms with E-state index in [1.54, 1.807) is 6.92 Å². The van der Waals surface area contributed by atoms with Crippen molar-refractivity contribution in [2.45, 2.75) is 38.1 Å². The molecule has 110 valence electrons. The van der Waals surface area contributed by atoms with Gasteiger partial charge >= 0.3 is 0 Å². The van der Waals surface area contributed by atoms with Crippen molar-refractivity contribution in [1.82, 2.24) is 5.32 Å². The van der Waals surface area contributed by atoms with Crippen molar-refractivity contribution in [3.63, 3.8) is 0 Å². The number of benzene rings is 1. The van der Waals surface area contributed by atoms with E-state index in [0.29, 0.717) is 11.6 Å². The van der Waals surface area contributed by atoms with Gasteiger partial charge in [-0.1, -0.05) is 23.7 Å². The number of halogens is 1. The standard InChI is InChI=1S/C16H22ClNO2/c1-12(19)15(13-3-5-14(17)6-4-13)11-18-16(2)7-9-20-10-8-16/h3-6,15,18H,7-11H2,1-2H3. The van der Waals surface area contributed by atoms with Gasteiger partial charge in [-0.3, -0.25) is 4.79 Å². The minimum absolute atomic E-state index is 0.0678. The van der Waals surface area contributed by atoms with Crippen LogP contribution in [0.4, 0.5) is 0 Å². The van der Waals surface area contributed by atoms with E-state index in [1.807, 2.05) is 24.3 Å². The fraction of sp³-hybridized carbons (Fsp3) is 0.562. The fourth-order valence-corrected chi connectivity index (χ4v) is 2.66. The summed E-state index contributed by atoms with van der Waals surface area (Å²) in [5, 5.41) is 4.25. The molecule has 0 radical (unpaired) electrons. The molecule has 1 aliphatic rings. The second kappa shape index (κ2) is 6.70. The first-order valence-electron chi connectivity index (χ1n) is 7.09. The number of carbonyl (C=O) groups is 1. The van der Waals surface area contributed by atoms with E-state index in [9.17, 15) is 4.79 Å². The van der Waals surface area contributed by atoms with Crippen molar-refractivity contribution >= 4 is 17.4 Å². The summed E-state index contributed by atoms with van der Waals surface area (Å²) in [6.07, 6.45) is 1.97. The zero-order chi connectivity index (χ0) is 14.6. The first kappa shape index (κ1) is 15.5. The van der Waals surface area contributed by atoms with Gasteiger partial charge in [0.1, 0.15) is 5.78 Å². The van der Waals surface area contributed by atoms with Crippen molar-refractivity contribution < 1.29 is 9.53 Å². The molecule has 1 fully saturated rings. The summed E-state index contributed by atoms with van der Waals surface area (Å²) < 4.78 is 5.40. The maximum atomic E-state index is 11.9. The molecule has 1 N–H and O–H groups in total. The number of rotatable bonds is 5. The molecule has 0 bridgehead atoms. The van der Waals surface area contributed by atoms with Gasteiger partial charge in [0.25, 0.3) is 0 Å². The molecule has 3 nitrogen and oxygen atoms in total. The quantitative estimate of drug-likeness (QED) is 0.907. The smallest absolute Gasteiger partial charge is 0.138 e. The summed E-state index contributed by atoms with van der Waals surface area (Å²) in [6.45, 7) is 6.08. The molecule has 4 heteroatoms. The maximum absolute atomic E-state index is 11.9. The highest BCUT2D eigenvalue weighted by molar-refractivity contribution is 6.30. The molecule has 1 unspecified atom stereocenters. The Morgan fingerprint density at radius 2 is 1.95 bits per heavy atom. The van der Waals surface area contributed by atoms with Crippen LogP contribution in [-0.2, 0) is 9.53 Å². The van der Waals surface area contributed by atoms with Crippen LogP contribution in [0.15, 0.2) is 24.3 Å². The lowest BCUT2D eigenvalue weighted by Gasteiger charge is -2.35. The largest absolute Gasteiger partial charge is 0.381 e. The predicted octanol–water partition coefficient (Wildman–Crippen LogP) is 3.17. The van der Waals surface area contributed by atoms with Crippen LogP contribution in [0.2, 0.25) is 5.02 Å². The van der Waals surface area contributed by atoms with E-state index >= 15 is 0 Å². The van der Waals surface area contributed by atoms with Crippen LogP contribution < -0.4 is 5.32 Å². The molecule has 0 saturated carbocycles. The van der Waals surface area contributed by atoms with Gasteiger partial charge in [-0.05, 0) is 44.4 Å². The second-order valence-electron chi connectivity index (χ2n) is 5.77. The van der Waals surface area contributed by atoms with E-state index in [1.165, 1.54) is 0 Å². The van der Waals surface area contributed by atoms with E-state index in [0.717, 1.165) is 31.6 Å². The van der Waals surface area contributed by atoms with E-state index in [-0.39, 0.29) is 17.2 Å². The van der Waals surface area contributed by atoms with Gasteiger partial charge in [0.15, 0.2) is 0 Å². The first-order chi connectivity index (χ1) is 9.50. The third kappa shape index (κ3) is 4.05. The van der Waals surface area contributed by atoms with Crippen molar-refractivity contribution in [2.24, 2.45) is 0 Å². The van der Waals surface area contributed by atoms with Gasteiger partial charge in [-0.25, -0.2) is 0 Å². The van der Waals surface area contributed by atoms with Gasteiger partial charge in [0.2, 0.25) is 0 Å². The molecular weight excluding hydrogens is 274 g/mol. The molecule has 1 saturated heterocycles. The lowest BCUT2D eigenvalue weighted by atomic mass is 9.89. The van der Waals surface area contributed by atoms with Crippen LogP contribution in [0.25, 0.3) is 0 Å². The highest BCUT2D eigenvalue weighted by Gasteiger charge is 2.28. The Balaban J connectivity index is 2.02. The average Bonchev–Trinajstić information content (AvgIpc) is 2.41. The molecule has 0 spiro atoms. The Morgan fingerprint density at radius 1 is 1.35 bits per heavy atom. The molecule has 1 aromatic rings. The van der Waals surface area contributed by atoms with E-state index in [4.69, 9.17) is 16.3 Å². The number of hydrogen-bond acceptors (Lipinski definition) is 3. The Kier molecular flexibility index (Phi) is 5.19. The number of nitrogens with one attached hydrogen (secondary N) is 1. The van der Waals surface area contributed by atoms with Crippen LogP contribution in [-0.4, -0.2) is 31.1 Å². The normalized spacial score (nSPS) is 19.6. The summed E-state index contributed by atoms with van der Waals surface area (Å²) >= 11 is 5.90. The van der Waals surface area contributed by atoms with Crippen molar-refractivity contribution in [2.75, 3.05) is 19.8 Å². The lowest BCUT2D eigenvalue weighted by Crippen LogP contribution is -2.48. The molecule has 1 heterocycles. The monoisotopic (exact) mass is 295 g/mol. The fourth-order valence-electron chi connectivity index (χ4n) is 2.54. The van der Waals surface area contributed by atoms with Crippen LogP contribution in [0, 0.1) is 0 Å². The average molecular weight is 296 g/mol. The Labute approximate surface area is 125 Å². The molecule has 1 aromatic carbocycles. The zero-order valence-electron chi connectivity index (χ0n) is 12.1. The summed E-state index contributed by atoms with van der Waals surface area (Å²) in [4.78, 5) is 11.9. The third-order valence-electron chi connectivity index (χ3n) is 4.09. The second-order valence-corrected chi connectivity index (χ2v) is 6.21. The third-order valence-corrected chi connectivity index (χ3v) is 4.34. The number of carbonyl (C=O) groups excluding carboxylic acids is 1. The summed E-state index contributed by atoms with van der Waals surface area (Å²) in [5.41, 5.74) is 1.09. The minimum Gasteiger partial charge on any atom is -0.381 e. The molecule has 1 atom stereocenters. The molecule has 0 aromatic heterocycles. The van der Waals surface area contributed by atoms with E-state index < -0.39 is 0 Å². The SMILES string of the molecule is CC(=O)C(CNC1(C)CCOCC1)c1ccc(Cl)cc1. The predicted molar refractivity (Wildman–Crippen MR) is 81.3 cm³/mol. The van der Waals surface area contributed by atoms with Gasteiger partial charge in [0, 0.05) is 30.3 Å². The molecule has 2 rings (SSSR count). The Morgan fingerprint density at radius 3 is 2.50 bits per heavy atom. The summed E-state index contributed by atoms with van der Waals surface area (Å²) in [5.74, 6) is 0.0578. The van der Waals surface area contributed by atoms with Crippen molar-refractivity contribution in [3.8, 4) is 0 Å².